The number of aliphatic hydroxyl groups excluding tert-OH is 2. The van der Waals surface area contributed by atoms with Gasteiger partial charge in [0.05, 0.1) is 71.9 Å². The molecule has 8 rings (SSSR count). The summed E-state index contributed by atoms with van der Waals surface area (Å²) in [6, 6.07) is 0. The molecular formula is C55H92O19. The van der Waals surface area contributed by atoms with Crippen LogP contribution in [0.2, 0.25) is 0 Å². The van der Waals surface area contributed by atoms with Gasteiger partial charge in [-0.05, 0) is 116 Å². The summed E-state index contributed by atoms with van der Waals surface area (Å²) in [6.45, 7) is 18.4. The topological polar surface area (TPSA) is 235 Å². The van der Waals surface area contributed by atoms with Crippen molar-refractivity contribution in [1.82, 2.24) is 0 Å². The van der Waals surface area contributed by atoms with E-state index in [4.69, 9.17) is 61.6 Å². The molecule has 4 aliphatic carbocycles. The Kier molecular flexibility index (Phi) is 18.3. The molecule has 8 fully saturated rings. The van der Waals surface area contributed by atoms with E-state index < -0.39 is 133 Å². The third kappa shape index (κ3) is 10.9. The van der Waals surface area contributed by atoms with Gasteiger partial charge in [0, 0.05) is 53.9 Å². The summed E-state index contributed by atoms with van der Waals surface area (Å²) < 4.78 is 80.8. The first-order chi connectivity index (χ1) is 34.9. The Balaban J connectivity index is 0.837. The fourth-order valence-electron chi connectivity index (χ4n) is 15.3. The van der Waals surface area contributed by atoms with Crippen molar-refractivity contribution in [1.29, 1.82) is 0 Å². The van der Waals surface area contributed by atoms with Gasteiger partial charge in [0.15, 0.2) is 25.2 Å². The minimum absolute atomic E-state index is 0.00849. The summed E-state index contributed by atoms with van der Waals surface area (Å²) in [6.07, 6.45) is -4.00. The van der Waals surface area contributed by atoms with Gasteiger partial charge in [-0.1, -0.05) is 27.7 Å². The average molecular weight is 1060 g/mol. The predicted octanol–water partition coefficient (Wildman–Crippen LogP) is 5.24. The number of ether oxygens (including phenoxy) is 13. The van der Waals surface area contributed by atoms with Crippen molar-refractivity contribution in [3.8, 4) is 0 Å². The van der Waals surface area contributed by atoms with Crippen LogP contribution in [0.25, 0.3) is 0 Å². The van der Waals surface area contributed by atoms with Crippen molar-refractivity contribution in [3.63, 3.8) is 0 Å². The highest BCUT2D eigenvalue weighted by molar-refractivity contribution is 5.72. The zero-order chi connectivity index (χ0) is 53.8. The molecule has 0 radical (unpaired) electrons. The summed E-state index contributed by atoms with van der Waals surface area (Å²) in [5.74, 6) is -1.11. The second kappa shape index (κ2) is 23.2. The predicted molar refractivity (Wildman–Crippen MR) is 264 cm³/mol. The molecule has 0 aromatic heterocycles. The van der Waals surface area contributed by atoms with Crippen molar-refractivity contribution < 1.29 is 91.6 Å². The van der Waals surface area contributed by atoms with Gasteiger partial charge in [0.25, 0.3) is 0 Å². The third-order valence-electron chi connectivity index (χ3n) is 20.1. The molecule has 426 valence electrons. The molecule has 4 aliphatic heterocycles. The molecule has 19 heteroatoms. The summed E-state index contributed by atoms with van der Waals surface area (Å²) >= 11 is 0. The highest BCUT2D eigenvalue weighted by atomic mass is 16.8. The molecule has 27 unspecified atom stereocenters. The Morgan fingerprint density at radius 3 is 1.70 bits per heavy atom. The first-order valence-electron chi connectivity index (χ1n) is 28.0. The van der Waals surface area contributed by atoms with Gasteiger partial charge in [-0.25, -0.2) is 0 Å². The number of carbonyl (C=O) groups excluding carboxylic acids is 2. The van der Waals surface area contributed by atoms with E-state index >= 15 is 0 Å². The highest BCUT2D eigenvalue weighted by Crippen LogP contribution is 2.71. The maximum Gasteiger partial charge on any atom is 0.309 e. The lowest BCUT2D eigenvalue weighted by molar-refractivity contribution is -0.347. The highest BCUT2D eigenvalue weighted by Gasteiger charge is 2.77. The Hall–Kier alpha value is -1.66. The second-order valence-corrected chi connectivity index (χ2v) is 24.0. The molecule has 4 saturated heterocycles. The lowest BCUT2D eigenvalue weighted by atomic mass is 9.42. The number of methoxy groups -OCH3 is 3. The van der Waals surface area contributed by atoms with Crippen LogP contribution in [0, 0.1) is 34.5 Å². The first kappa shape index (κ1) is 58.5. The smallest absolute Gasteiger partial charge is 0.309 e. The van der Waals surface area contributed by atoms with Gasteiger partial charge in [0.1, 0.15) is 42.2 Å². The van der Waals surface area contributed by atoms with Gasteiger partial charge < -0.3 is 82.0 Å². The van der Waals surface area contributed by atoms with Gasteiger partial charge in [-0.3, -0.25) is 9.59 Å². The van der Waals surface area contributed by atoms with Crippen LogP contribution in [0.1, 0.15) is 153 Å². The summed E-state index contributed by atoms with van der Waals surface area (Å²) in [7, 11) is 4.82. The molecule has 4 N–H and O–H groups in total. The summed E-state index contributed by atoms with van der Waals surface area (Å²) in [4.78, 5) is 25.8. The Bertz CT molecular complexity index is 1880. The van der Waals surface area contributed by atoms with Crippen LogP contribution in [-0.4, -0.2) is 182 Å². The van der Waals surface area contributed by atoms with Crippen LogP contribution in [0.15, 0.2) is 0 Å². The number of hydrogen-bond donors (Lipinski definition) is 4. The summed E-state index contributed by atoms with van der Waals surface area (Å²) in [5, 5.41) is 47.8. The third-order valence-corrected chi connectivity index (χ3v) is 20.1. The Labute approximate surface area is 438 Å². The standard InChI is InChI=1S/C55H92O19/c1-14-27(2)51(59)69-32(7)54(60)19-20-55(61)36-16-15-34-21-35(17-18-52(34,9)37(36)22-42(53(54,55)10)70-33(8)56)71-43-23-38(57)48(29(4)66-43)72-45-25-40(63-12)50(30(5)67-45)74-46-26-41(64-13)49(31(6)68-46)73-44-24-39(62-11)47(58)28(3)65-44/h27-32,34-50,57-58,60-61H,14-26H2,1-13H3. The van der Waals surface area contributed by atoms with Crippen LogP contribution < -0.4 is 0 Å². The van der Waals surface area contributed by atoms with E-state index in [0.717, 1.165) is 32.1 Å². The molecule has 27 atom stereocenters. The molecule has 8 aliphatic rings. The fourth-order valence-corrected chi connectivity index (χ4v) is 15.3. The van der Waals surface area contributed by atoms with Crippen LogP contribution >= 0.6 is 0 Å². The molecule has 0 bridgehead atoms. The monoisotopic (exact) mass is 1060 g/mol. The zero-order valence-corrected chi connectivity index (χ0v) is 46.4. The fraction of sp³-hybridized carbons (Fsp3) is 0.964. The molecule has 0 amide bonds. The number of carbonyl (C=O) groups is 2. The number of hydrogen-bond acceptors (Lipinski definition) is 19. The van der Waals surface area contributed by atoms with Gasteiger partial charge in [-0.15, -0.1) is 0 Å². The largest absolute Gasteiger partial charge is 0.462 e. The van der Waals surface area contributed by atoms with E-state index in [-0.39, 0.29) is 54.1 Å². The molecule has 74 heavy (non-hydrogen) atoms. The summed E-state index contributed by atoms with van der Waals surface area (Å²) in [5.41, 5.74) is -4.47. The van der Waals surface area contributed by atoms with Crippen LogP contribution in [0.3, 0.4) is 0 Å². The first-order valence-corrected chi connectivity index (χ1v) is 28.0. The minimum atomic E-state index is -1.62. The maximum absolute atomic E-state index is 13.1. The quantitative estimate of drug-likeness (QED) is 0.114. The maximum atomic E-state index is 13.1. The lowest BCUT2D eigenvalue weighted by Gasteiger charge is -2.66. The Morgan fingerprint density at radius 2 is 1.16 bits per heavy atom. The second-order valence-electron chi connectivity index (χ2n) is 24.0. The Morgan fingerprint density at radius 1 is 0.635 bits per heavy atom. The normalized spacial score (nSPS) is 50.4. The number of rotatable bonds is 16. The van der Waals surface area contributed by atoms with E-state index in [9.17, 15) is 30.0 Å². The number of aliphatic hydroxyl groups is 4. The van der Waals surface area contributed by atoms with E-state index in [2.05, 4.69) is 6.92 Å². The van der Waals surface area contributed by atoms with Crippen LogP contribution in [-0.2, 0) is 71.2 Å². The molecule has 0 aromatic carbocycles. The lowest BCUT2D eigenvalue weighted by Crippen LogP contribution is -2.72. The molecule has 19 nitrogen and oxygen atoms in total. The van der Waals surface area contributed by atoms with Crippen molar-refractivity contribution in [2.75, 3.05) is 21.3 Å². The van der Waals surface area contributed by atoms with Crippen molar-refractivity contribution in [2.24, 2.45) is 34.5 Å². The average Bonchev–Trinajstić information content (AvgIpc) is 3.58. The molecule has 4 heterocycles. The molecular weight excluding hydrogens is 965 g/mol. The minimum Gasteiger partial charge on any atom is -0.462 e. The van der Waals surface area contributed by atoms with Crippen molar-refractivity contribution in [2.45, 2.75) is 281 Å². The van der Waals surface area contributed by atoms with E-state index in [1.165, 1.54) is 6.92 Å². The van der Waals surface area contributed by atoms with Gasteiger partial charge >= 0.3 is 11.9 Å². The van der Waals surface area contributed by atoms with E-state index in [1.54, 1.807) is 42.1 Å². The van der Waals surface area contributed by atoms with Crippen LogP contribution in [0.4, 0.5) is 0 Å². The van der Waals surface area contributed by atoms with Crippen LogP contribution in [0.5, 0.6) is 0 Å². The molecule has 0 spiro atoms. The van der Waals surface area contributed by atoms with Crippen molar-refractivity contribution >= 4 is 11.9 Å². The van der Waals surface area contributed by atoms with Gasteiger partial charge in [0.2, 0.25) is 0 Å². The van der Waals surface area contributed by atoms with Crippen molar-refractivity contribution in [3.05, 3.63) is 0 Å². The van der Waals surface area contributed by atoms with E-state index in [0.29, 0.717) is 38.5 Å². The van der Waals surface area contributed by atoms with Gasteiger partial charge in [-0.2, -0.15) is 0 Å². The number of fused-ring (bicyclic) bond motifs is 5. The number of esters is 2. The molecule has 0 aromatic rings. The van der Waals surface area contributed by atoms with E-state index in [1.807, 2.05) is 34.6 Å². The SMILES string of the molecule is CCC(C)C(=O)OC(C)C1(O)CCC2(O)C3CCC4CC(OC5CC(O)C(OC6CC(OC)C(OC7CC(OC)C(OC8CC(OC)C(O)C(C)O8)C(C)O7)C(C)O6)C(C)O5)CCC4(C)C3CC(OC(C)=O)C12C. The zero-order valence-electron chi connectivity index (χ0n) is 46.4. The molecule has 4 saturated carbocycles.